The maximum atomic E-state index is 5.72. The van der Waals surface area contributed by atoms with Crippen LogP contribution in [0.15, 0.2) is 46.9 Å². The largest absolute Gasteiger partial charge is 0.465 e. The highest BCUT2D eigenvalue weighted by atomic mass is 16.5. The van der Waals surface area contributed by atoms with Gasteiger partial charge in [0.05, 0.1) is 13.2 Å². The number of hydrogen-bond acceptors (Lipinski definition) is 3. The van der Waals surface area contributed by atoms with E-state index in [0.29, 0.717) is 0 Å². The van der Waals surface area contributed by atoms with E-state index in [4.69, 9.17) is 9.15 Å². The van der Waals surface area contributed by atoms with Crippen molar-refractivity contribution in [3.8, 4) is 0 Å². The van der Waals surface area contributed by atoms with E-state index < -0.39 is 0 Å². The molecule has 21 heavy (non-hydrogen) atoms. The Labute approximate surface area is 126 Å². The Morgan fingerprint density at radius 2 is 1.95 bits per heavy atom. The molecule has 0 radical (unpaired) electrons. The summed E-state index contributed by atoms with van der Waals surface area (Å²) in [5, 5.41) is 0. The SMILES string of the molecule is Cc1ccc(CN(C)C[C@]2(c3ccccc3)CCOC2)o1. The molecule has 1 fully saturated rings. The fourth-order valence-electron chi connectivity index (χ4n) is 3.25. The second kappa shape index (κ2) is 6.04. The summed E-state index contributed by atoms with van der Waals surface area (Å²) in [6.45, 7) is 5.46. The lowest BCUT2D eigenvalue weighted by atomic mass is 9.79. The number of ether oxygens (including phenoxy) is 1. The monoisotopic (exact) mass is 285 g/mol. The summed E-state index contributed by atoms with van der Waals surface area (Å²) in [6.07, 6.45) is 1.08. The Bertz CT molecular complexity index is 570. The molecule has 0 saturated carbocycles. The third-order valence-electron chi connectivity index (χ3n) is 4.28. The third kappa shape index (κ3) is 3.20. The highest BCUT2D eigenvalue weighted by Gasteiger charge is 2.37. The first-order valence-electron chi connectivity index (χ1n) is 7.55. The molecule has 3 heteroatoms. The van der Waals surface area contributed by atoms with Gasteiger partial charge in [0, 0.05) is 18.6 Å². The Morgan fingerprint density at radius 3 is 2.57 bits per heavy atom. The van der Waals surface area contributed by atoms with Gasteiger partial charge in [0.2, 0.25) is 0 Å². The van der Waals surface area contributed by atoms with E-state index in [0.717, 1.165) is 44.2 Å². The summed E-state index contributed by atoms with van der Waals surface area (Å²) in [6, 6.07) is 14.8. The summed E-state index contributed by atoms with van der Waals surface area (Å²) in [5.74, 6) is 2.00. The van der Waals surface area contributed by atoms with Crippen LogP contribution in [-0.2, 0) is 16.7 Å². The molecule has 1 aromatic carbocycles. The number of nitrogens with zero attached hydrogens (tertiary/aromatic N) is 1. The zero-order chi connectivity index (χ0) is 14.7. The molecule has 0 bridgehead atoms. The van der Waals surface area contributed by atoms with Gasteiger partial charge in [-0.2, -0.15) is 0 Å². The first-order chi connectivity index (χ1) is 10.2. The summed E-state index contributed by atoms with van der Waals surface area (Å²) in [5.41, 5.74) is 1.49. The number of hydrogen-bond donors (Lipinski definition) is 0. The van der Waals surface area contributed by atoms with Crippen LogP contribution in [0.2, 0.25) is 0 Å². The standard InChI is InChI=1S/C18H23NO2/c1-15-8-9-17(21-15)12-19(2)13-18(10-11-20-14-18)16-6-4-3-5-7-16/h3-9H,10-14H2,1-2H3/t18-/m1/s1. The Hall–Kier alpha value is -1.58. The van der Waals surface area contributed by atoms with Crippen LogP contribution in [0, 0.1) is 6.92 Å². The molecule has 1 aromatic heterocycles. The molecular weight excluding hydrogens is 262 g/mol. The van der Waals surface area contributed by atoms with Gasteiger partial charge in [-0.25, -0.2) is 0 Å². The minimum absolute atomic E-state index is 0.109. The zero-order valence-electron chi connectivity index (χ0n) is 12.8. The van der Waals surface area contributed by atoms with Crippen molar-refractivity contribution in [2.75, 3.05) is 26.8 Å². The van der Waals surface area contributed by atoms with Gasteiger partial charge in [-0.05, 0) is 38.1 Å². The molecule has 1 aliphatic heterocycles. The minimum Gasteiger partial charge on any atom is -0.465 e. The average Bonchev–Trinajstić information content (AvgIpc) is 3.10. The summed E-state index contributed by atoms with van der Waals surface area (Å²) < 4.78 is 11.4. The molecule has 3 nitrogen and oxygen atoms in total. The third-order valence-corrected chi connectivity index (χ3v) is 4.28. The van der Waals surface area contributed by atoms with E-state index in [1.807, 2.05) is 13.0 Å². The van der Waals surface area contributed by atoms with Crippen molar-refractivity contribution in [2.24, 2.45) is 0 Å². The van der Waals surface area contributed by atoms with Gasteiger partial charge in [0.15, 0.2) is 0 Å². The maximum absolute atomic E-state index is 5.72. The van der Waals surface area contributed by atoms with Gasteiger partial charge in [-0.15, -0.1) is 0 Å². The minimum atomic E-state index is 0.109. The lowest BCUT2D eigenvalue weighted by Gasteiger charge is -2.32. The van der Waals surface area contributed by atoms with Crippen LogP contribution in [-0.4, -0.2) is 31.7 Å². The molecular formula is C18H23NO2. The van der Waals surface area contributed by atoms with Gasteiger partial charge >= 0.3 is 0 Å². The molecule has 2 aromatic rings. The van der Waals surface area contributed by atoms with Crippen molar-refractivity contribution in [1.29, 1.82) is 0 Å². The van der Waals surface area contributed by atoms with E-state index in [2.05, 4.69) is 48.3 Å². The van der Waals surface area contributed by atoms with Crippen LogP contribution in [0.4, 0.5) is 0 Å². The fraction of sp³-hybridized carbons (Fsp3) is 0.444. The molecule has 0 spiro atoms. The Balaban J connectivity index is 1.73. The topological polar surface area (TPSA) is 25.6 Å². The van der Waals surface area contributed by atoms with Gasteiger partial charge in [0.1, 0.15) is 11.5 Å². The van der Waals surface area contributed by atoms with Gasteiger partial charge in [-0.1, -0.05) is 30.3 Å². The first-order valence-corrected chi connectivity index (χ1v) is 7.55. The van der Waals surface area contributed by atoms with E-state index in [1.165, 1.54) is 5.56 Å². The predicted octanol–water partition coefficient (Wildman–Crippen LogP) is 3.38. The van der Waals surface area contributed by atoms with E-state index in [9.17, 15) is 0 Å². The van der Waals surface area contributed by atoms with Crippen molar-refractivity contribution in [3.63, 3.8) is 0 Å². The van der Waals surface area contributed by atoms with E-state index >= 15 is 0 Å². The van der Waals surface area contributed by atoms with Crippen molar-refractivity contribution in [1.82, 2.24) is 4.90 Å². The second-order valence-electron chi connectivity index (χ2n) is 6.13. The van der Waals surface area contributed by atoms with E-state index in [1.54, 1.807) is 0 Å². The van der Waals surface area contributed by atoms with Crippen molar-refractivity contribution < 1.29 is 9.15 Å². The van der Waals surface area contributed by atoms with Crippen LogP contribution < -0.4 is 0 Å². The van der Waals surface area contributed by atoms with Crippen molar-refractivity contribution >= 4 is 0 Å². The first kappa shape index (κ1) is 14.4. The molecule has 2 heterocycles. The average molecular weight is 285 g/mol. The van der Waals surface area contributed by atoms with Crippen molar-refractivity contribution in [3.05, 3.63) is 59.5 Å². The quantitative estimate of drug-likeness (QED) is 0.842. The molecule has 1 atom stereocenters. The van der Waals surface area contributed by atoms with Crippen LogP contribution >= 0.6 is 0 Å². The number of rotatable bonds is 5. The number of likely N-dealkylation sites (N-methyl/N-ethyl adjacent to an activating group) is 1. The molecule has 3 rings (SSSR count). The number of furan rings is 1. The van der Waals surface area contributed by atoms with Gasteiger partial charge in [-0.3, -0.25) is 4.90 Å². The smallest absolute Gasteiger partial charge is 0.118 e. The highest BCUT2D eigenvalue weighted by molar-refractivity contribution is 5.27. The normalized spacial score (nSPS) is 22.0. The van der Waals surface area contributed by atoms with Crippen LogP contribution in [0.25, 0.3) is 0 Å². The maximum Gasteiger partial charge on any atom is 0.118 e. The molecule has 0 aliphatic carbocycles. The molecule has 1 aliphatic rings. The van der Waals surface area contributed by atoms with Gasteiger partial charge in [0.25, 0.3) is 0 Å². The summed E-state index contributed by atoms with van der Waals surface area (Å²) >= 11 is 0. The van der Waals surface area contributed by atoms with Crippen LogP contribution in [0.1, 0.15) is 23.5 Å². The Kier molecular flexibility index (Phi) is 4.13. The number of benzene rings is 1. The van der Waals surface area contributed by atoms with E-state index in [-0.39, 0.29) is 5.41 Å². The second-order valence-corrected chi connectivity index (χ2v) is 6.13. The lowest BCUT2D eigenvalue weighted by molar-refractivity contribution is 0.155. The molecule has 0 unspecified atom stereocenters. The highest BCUT2D eigenvalue weighted by Crippen LogP contribution is 2.34. The van der Waals surface area contributed by atoms with Crippen LogP contribution in [0.5, 0.6) is 0 Å². The molecule has 112 valence electrons. The molecule has 1 saturated heterocycles. The summed E-state index contributed by atoms with van der Waals surface area (Å²) in [7, 11) is 2.15. The molecule has 0 N–H and O–H groups in total. The Morgan fingerprint density at radius 1 is 1.14 bits per heavy atom. The summed E-state index contributed by atoms with van der Waals surface area (Å²) in [4.78, 5) is 2.33. The van der Waals surface area contributed by atoms with Gasteiger partial charge < -0.3 is 9.15 Å². The predicted molar refractivity (Wildman–Crippen MR) is 83.3 cm³/mol. The van der Waals surface area contributed by atoms with Crippen molar-refractivity contribution in [2.45, 2.75) is 25.3 Å². The molecule has 0 amide bonds. The fourth-order valence-corrected chi connectivity index (χ4v) is 3.25. The number of aryl methyl sites for hydroxylation is 1. The lowest BCUT2D eigenvalue weighted by Crippen LogP contribution is -2.39. The zero-order valence-corrected chi connectivity index (χ0v) is 12.8. The van der Waals surface area contributed by atoms with Crippen LogP contribution in [0.3, 0.4) is 0 Å².